The van der Waals surface area contributed by atoms with Gasteiger partial charge in [0, 0.05) is 29.2 Å². The molecule has 3 aromatic carbocycles. The number of carbonyl (C=O) groups is 1. The molecule has 0 bridgehead atoms. The zero-order chi connectivity index (χ0) is 22.6. The summed E-state index contributed by atoms with van der Waals surface area (Å²) < 4.78 is 41.3. The molecule has 1 aromatic heterocycles. The largest absolute Gasteiger partial charge is 0.361 e. The zero-order valence-electron chi connectivity index (χ0n) is 17.1. The summed E-state index contributed by atoms with van der Waals surface area (Å²) in [5.41, 5.74) is 2.44. The van der Waals surface area contributed by atoms with E-state index in [-0.39, 0.29) is 16.5 Å². The molecule has 0 spiro atoms. The molecule has 0 aliphatic heterocycles. The Kier molecular flexibility index (Phi) is 6.23. The average molecular weight is 452 g/mol. The van der Waals surface area contributed by atoms with Crippen molar-refractivity contribution in [2.24, 2.45) is 0 Å². The first-order chi connectivity index (χ1) is 15.4. The first-order valence-electron chi connectivity index (χ1n) is 10.1. The Morgan fingerprint density at radius 3 is 2.59 bits per heavy atom. The fourth-order valence-corrected chi connectivity index (χ4v) is 4.60. The van der Waals surface area contributed by atoms with Crippen LogP contribution in [0, 0.1) is 5.82 Å². The first-order valence-corrected chi connectivity index (χ1v) is 11.6. The number of nitrogens with one attached hydrogen (secondary N) is 3. The van der Waals surface area contributed by atoms with Crippen LogP contribution in [0.2, 0.25) is 0 Å². The Labute approximate surface area is 185 Å². The predicted molar refractivity (Wildman–Crippen MR) is 124 cm³/mol. The lowest BCUT2D eigenvalue weighted by atomic mass is 10.1. The van der Waals surface area contributed by atoms with E-state index < -0.39 is 15.8 Å². The van der Waals surface area contributed by atoms with Gasteiger partial charge in [-0.05, 0) is 54.8 Å². The maximum Gasteiger partial charge on any atom is 0.262 e. The van der Waals surface area contributed by atoms with Crippen molar-refractivity contribution in [3.63, 3.8) is 0 Å². The quantitative estimate of drug-likeness (QED) is 0.349. The van der Waals surface area contributed by atoms with E-state index in [1.807, 2.05) is 30.5 Å². The summed E-state index contributed by atoms with van der Waals surface area (Å²) in [6.07, 6.45) is 3.66. The molecular formula is C24H22FN3O3S. The third-order valence-corrected chi connectivity index (χ3v) is 6.43. The Balaban J connectivity index is 1.37. The highest BCUT2D eigenvalue weighted by Crippen LogP contribution is 2.22. The number of carbonyl (C=O) groups excluding carboxylic acids is 1. The van der Waals surface area contributed by atoms with Gasteiger partial charge in [-0.2, -0.15) is 0 Å². The van der Waals surface area contributed by atoms with Crippen LogP contribution in [0.25, 0.3) is 10.9 Å². The van der Waals surface area contributed by atoms with Crippen LogP contribution < -0.4 is 10.0 Å². The number of benzene rings is 3. The molecule has 0 atom stereocenters. The van der Waals surface area contributed by atoms with Crippen molar-refractivity contribution in [1.29, 1.82) is 0 Å². The highest BCUT2D eigenvalue weighted by atomic mass is 32.2. The number of hydrogen-bond acceptors (Lipinski definition) is 3. The van der Waals surface area contributed by atoms with Crippen molar-refractivity contribution in [3.8, 4) is 0 Å². The molecule has 6 nitrogen and oxygen atoms in total. The second-order valence-electron chi connectivity index (χ2n) is 7.37. The van der Waals surface area contributed by atoms with Crippen LogP contribution in [0.5, 0.6) is 0 Å². The fraction of sp³-hybridized carbons (Fsp3) is 0.125. The molecule has 0 radical (unpaired) electrons. The van der Waals surface area contributed by atoms with E-state index in [0.29, 0.717) is 18.5 Å². The summed E-state index contributed by atoms with van der Waals surface area (Å²) in [5.74, 6) is -0.878. The van der Waals surface area contributed by atoms with Crippen molar-refractivity contribution >= 4 is 38.2 Å². The normalized spacial score (nSPS) is 11.4. The van der Waals surface area contributed by atoms with E-state index in [4.69, 9.17) is 0 Å². The maximum atomic E-state index is 13.8. The summed E-state index contributed by atoms with van der Waals surface area (Å²) >= 11 is 0. The minimum atomic E-state index is -4.01. The maximum absolute atomic E-state index is 13.8. The molecule has 8 heteroatoms. The summed E-state index contributed by atoms with van der Waals surface area (Å²) in [5, 5.41) is 3.88. The smallest absolute Gasteiger partial charge is 0.262 e. The molecule has 164 valence electrons. The SMILES string of the molecule is O=C(CCCc1c[nH]c2ccccc12)Nc1cccc(S(=O)(=O)Nc2ccccc2F)c1. The van der Waals surface area contributed by atoms with Gasteiger partial charge in [0.25, 0.3) is 10.0 Å². The van der Waals surface area contributed by atoms with E-state index >= 15 is 0 Å². The summed E-state index contributed by atoms with van der Waals surface area (Å²) in [6.45, 7) is 0. The van der Waals surface area contributed by atoms with Gasteiger partial charge in [-0.3, -0.25) is 9.52 Å². The number of amides is 1. The molecule has 0 saturated heterocycles. The lowest BCUT2D eigenvalue weighted by Gasteiger charge is -2.11. The topological polar surface area (TPSA) is 91.1 Å². The second-order valence-corrected chi connectivity index (χ2v) is 9.06. The van der Waals surface area contributed by atoms with Crippen molar-refractivity contribution in [2.45, 2.75) is 24.2 Å². The number of aromatic nitrogens is 1. The van der Waals surface area contributed by atoms with E-state index in [1.165, 1.54) is 42.5 Å². The minimum Gasteiger partial charge on any atom is -0.361 e. The Morgan fingerprint density at radius 2 is 1.75 bits per heavy atom. The molecule has 32 heavy (non-hydrogen) atoms. The molecule has 0 aliphatic rings. The molecule has 3 N–H and O–H groups in total. The molecule has 1 amide bonds. The van der Waals surface area contributed by atoms with Gasteiger partial charge in [0.15, 0.2) is 0 Å². The van der Waals surface area contributed by atoms with Crippen LogP contribution in [-0.2, 0) is 21.2 Å². The average Bonchev–Trinajstić information content (AvgIpc) is 3.19. The molecule has 4 aromatic rings. The number of para-hydroxylation sites is 2. The van der Waals surface area contributed by atoms with Gasteiger partial charge < -0.3 is 10.3 Å². The third-order valence-electron chi connectivity index (χ3n) is 5.07. The molecule has 0 saturated carbocycles. The fourth-order valence-electron chi connectivity index (χ4n) is 3.49. The van der Waals surface area contributed by atoms with Crippen LogP contribution in [0.1, 0.15) is 18.4 Å². The molecular weight excluding hydrogens is 429 g/mol. The number of anilines is 2. The number of sulfonamides is 1. The zero-order valence-corrected chi connectivity index (χ0v) is 18.0. The number of halogens is 1. The molecule has 0 aliphatic carbocycles. The first kappa shape index (κ1) is 21.6. The summed E-state index contributed by atoms with van der Waals surface area (Å²) in [7, 11) is -4.01. The van der Waals surface area contributed by atoms with Crippen molar-refractivity contribution in [1.82, 2.24) is 4.98 Å². The van der Waals surface area contributed by atoms with Crippen LogP contribution in [0.4, 0.5) is 15.8 Å². The van der Waals surface area contributed by atoms with Crippen molar-refractivity contribution in [3.05, 3.63) is 90.4 Å². The second kappa shape index (κ2) is 9.23. The van der Waals surface area contributed by atoms with E-state index in [1.54, 1.807) is 6.07 Å². The Hall–Kier alpha value is -3.65. The minimum absolute atomic E-state index is 0.0719. The highest BCUT2D eigenvalue weighted by molar-refractivity contribution is 7.92. The summed E-state index contributed by atoms with van der Waals surface area (Å²) in [4.78, 5) is 15.5. The lowest BCUT2D eigenvalue weighted by Crippen LogP contribution is -2.15. The number of hydrogen-bond donors (Lipinski definition) is 3. The highest BCUT2D eigenvalue weighted by Gasteiger charge is 2.17. The van der Waals surface area contributed by atoms with Gasteiger partial charge >= 0.3 is 0 Å². The number of aryl methyl sites for hydroxylation is 1. The Bertz CT molecular complexity index is 1370. The molecule has 0 unspecified atom stereocenters. The van der Waals surface area contributed by atoms with Gasteiger partial charge in [-0.1, -0.05) is 36.4 Å². The van der Waals surface area contributed by atoms with Gasteiger partial charge in [-0.15, -0.1) is 0 Å². The van der Waals surface area contributed by atoms with Gasteiger partial charge in [0.2, 0.25) is 5.91 Å². The van der Waals surface area contributed by atoms with Crippen LogP contribution >= 0.6 is 0 Å². The molecule has 1 heterocycles. The van der Waals surface area contributed by atoms with E-state index in [0.717, 1.165) is 22.9 Å². The predicted octanol–water partition coefficient (Wildman–Crippen LogP) is 5.07. The van der Waals surface area contributed by atoms with E-state index in [9.17, 15) is 17.6 Å². The third kappa shape index (κ3) is 4.97. The van der Waals surface area contributed by atoms with Gasteiger partial charge in [-0.25, -0.2) is 12.8 Å². The van der Waals surface area contributed by atoms with Crippen LogP contribution in [-0.4, -0.2) is 19.3 Å². The van der Waals surface area contributed by atoms with Gasteiger partial charge in [0.1, 0.15) is 5.82 Å². The lowest BCUT2D eigenvalue weighted by molar-refractivity contribution is -0.116. The molecule has 0 fully saturated rings. The van der Waals surface area contributed by atoms with Crippen LogP contribution in [0.15, 0.2) is 83.9 Å². The monoisotopic (exact) mass is 451 g/mol. The number of H-pyrrole nitrogens is 1. The van der Waals surface area contributed by atoms with E-state index in [2.05, 4.69) is 15.0 Å². The van der Waals surface area contributed by atoms with Crippen molar-refractivity contribution < 1.29 is 17.6 Å². The van der Waals surface area contributed by atoms with Gasteiger partial charge in [0.05, 0.1) is 10.6 Å². The summed E-state index contributed by atoms with van der Waals surface area (Å²) in [6, 6.07) is 19.4. The van der Waals surface area contributed by atoms with Crippen LogP contribution in [0.3, 0.4) is 0 Å². The number of aromatic amines is 1. The molecule has 4 rings (SSSR count). The van der Waals surface area contributed by atoms with Crippen molar-refractivity contribution in [2.75, 3.05) is 10.0 Å². The Morgan fingerprint density at radius 1 is 0.969 bits per heavy atom. The number of fused-ring (bicyclic) bond motifs is 1. The standard InChI is InChI=1S/C24H22FN3O3S/c25-21-11-2-4-13-23(21)28-32(30,31)19-9-6-8-18(15-19)27-24(29)14-5-7-17-16-26-22-12-3-1-10-20(17)22/h1-4,6,8-13,15-16,26,28H,5,7,14H2,(H,27,29). The number of rotatable bonds is 8.